The zero-order valence-corrected chi connectivity index (χ0v) is 15.6. The van der Waals surface area contributed by atoms with Gasteiger partial charge in [-0.05, 0) is 24.3 Å². The Labute approximate surface area is 166 Å². The average molecular weight is 389 g/mol. The molecule has 3 N–H and O–H groups in total. The predicted octanol–water partition coefficient (Wildman–Crippen LogP) is 2.27. The Bertz CT molecular complexity index is 1160. The first kappa shape index (κ1) is 17.4. The quantitative estimate of drug-likeness (QED) is 0.491. The number of pyridine rings is 1. The lowest BCUT2D eigenvalue weighted by Gasteiger charge is -2.30. The van der Waals surface area contributed by atoms with Crippen LogP contribution in [0.5, 0.6) is 0 Å². The number of benzene rings is 1. The molecule has 0 spiro atoms. The zero-order chi connectivity index (χ0) is 19.6. The largest absolute Gasteiger partial charge is 0.432 e. The van der Waals surface area contributed by atoms with Crippen molar-refractivity contribution >= 4 is 28.2 Å². The molecule has 3 aromatic heterocycles. The maximum absolute atomic E-state index is 12.7. The van der Waals surface area contributed by atoms with Crippen LogP contribution < -0.4 is 15.5 Å². The van der Waals surface area contributed by atoms with Crippen LogP contribution in [0.4, 0.5) is 11.4 Å². The Kier molecular flexibility index (Phi) is 4.41. The molecular formula is C20H19N7O2. The van der Waals surface area contributed by atoms with E-state index < -0.39 is 5.91 Å². The number of piperazine rings is 1. The Balaban J connectivity index is 1.37. The molecule has 0 saturated carbocycles. The molecule has 4 aromatic rings. The highest BCUT2D eigenvalue weighted by molar-refractivity contribution is 6.03. The van der Waals surface area contributed by atoms with Crippen molar-refractivity contribution in [3.63, 3.8) is 0 Å². The van der Waals surface area contributed by atoms with E-state index in [1.165, 1.54) is 0 Å². The zero-order valence-electron chi connectivity index (χ0n) is 15.6. The highest BCUT2D eigenvalue weighted by atomic mass is 16.4. The molecule has 1 amide bonds. The molecule has 0 radical (unpaired) electrons. The molecular weight excluding hydrogens is 370 g/mol. The number of carbonyl (C=O) groups is 1. The second-order valence-corrected chi connectivity index (χ2v) is 6.79. The van der Waals surface area contributed by atoms with Gasteiger partial charge in [-0.15, -0.1) is 0 Å². The fraction of sp³-hybridized carbons (Fsp3) is 0.200. The summed E-state index contributed by atoms with van der Waals surface area (Å²) in [5.74, 6) is 0.110. The summed E-state index contributed by atoms with van der Waals surface area (Å²) in [5.41, 5.74) is 3.34. The molecule has 29 heavy (non-hydrogen) atoms. The molecule has 4 heterocycles. The lowest BCUT2D eigenvalue weighted by molar-refractivity contribution is 0.0991. The van der Waals surface area contributed by atoms with Gasteiger partial charge in [0.25, 0.3) is 5.89 Å². The van der Waals surface area contributed by atoms with Crippen LogP contribution in [-0.2, 0) is 0 Å². The van der Waals surface area contributed by atoms with Crippen LogP contribution in [0.1, 0.15) is 10.7 Å². The summed E-state index contributed by atoms with van der Waals surface area (Å²) < 4.78 is 5.72. The number of H-pyrrole nitrogens is 1. The number of aromatic nitrogens is 4. The third-order valence-electron chi connectivity index (χ3n) is 4.93. The lowest BCUT2D eigenvalue weighted by Crippen LogP contribution is -2.43. The van der Waals surface area contributed by atoms with Gasteiger partial charge in [0.2, 0.25) is 0 Å². The Hall–Kier alpha value is -3.72. The predicted molar refractivity (Wildman–Crippen MR) is 109 cm³/mol. The molecule has 1 fully saturated rings. The number of aromatic amines is 1. The van der Waals surface area contributed by atoms with Crippen LogP contribution in [-0.4, -0.2) is 52.3 Å². The molecule has 1 aromatic carbocycles. The Morgan fingerprint density at radius 2 is 2.03 bits per heavy atom. The van der Waals surface area contributed by atoms with Crippen LogP contribution in [0.15, 0.2) is 53.5 Å². The minimum absolute atomic E-state index is 0.00223. The maximum atomic E-state index is 12.7. The second kappa shape index (κ2) is 7.36. The smallest absolute Gasteiger partial charge is 0.311 e. The summed E-state index contributed by atoms with van der Waals surface area (Å²) in [6.07, 6.45) is 6.66. The van der Waals surface area contributed by atoms with Crippen LogP contribution in [0.2, 0.25) is 0 Å². The first-order valence-corrected chi connectivity index (χ1v) is 9.38. The fourth-order valence-corrected chi connectivity index (χ4v) is 3.45. The van der Waals surface area contributed by atoms with Crippen molar-refractivity contribution in [3.05, 3.63) is 54.9 Å². The minimum Gasteiger partial charge on any atom is -0.432 e. The van der Waals surface area contributed by atoms with Crippen LogP contribution in [0.25, 0.3) is 22.2 Å². The van der Waals surface area contributed by atoms with Gasteiger partial charge in [0, 0.05) is 43.3 Å². The van der Waals surface area contributed by atoms with E-state index in [1.54, 1.807) is 24.8 Å². The number of oxazole rings is 1. The molecule has 1 aliphatic rings. The van der Waals surface area contributed by atoms with E-state index in [-0.39, 0.29) is 5.89 Å². The second-order valence-electron chi connectivity index (χ2n) is 6.79. The standard InChI is InChI=1S/C20H19N7O2/c28-19(25-16-11-22-4-3-17(16)27-7-5-21-6-8-27)20-23-12-18(29-20)13-1-2-15-14(9-13)10-24-26-15/h1-4,9-12,21H,5-8H2,(H,24,26)(H,25,28). The molecule has 146 valence electrons. The first-order valence-electron chi connectivity index (χ1n) is 9.38. The van der Waals surface area contributed by atoms with Gasteiger partial charge in [0.15, 0.2) is 5.76 Å². The number of anilines is 2. The highest BCUT2D eigenvalue weighted by Gasteiger charge is 2.19. The monoisotopic (exact) mass is 389 g/mol. The van der Waals surface area contributed by atoms with Crippen molar-refractivity contribution in [2.45, 2.75) is 0 Å². The summed E-state index contributed by atoms with van der Waals surface area (Å²) in [6, 6.07) is 7.65. The van der Waals surface area contributed by atoms with Crippen LogP contribution >= 0.6 is 0 Å². The summed E-state index contributed by atoms with van der Waals surface area (Å²) in [5, 5.41) is 14.1. The van der Waals surface area contributed by atoms with E-state index in [9.17, 15) is 4.79 Å². The van der Waals surface area contributed by atoms with Gasteiger partial charge in [-0.2, -0.15) is 5.10 Å². The topological polar surface area (TPSA) is 112 Å². The number of fused-ring (bicyclic) bond motifs is 1. The van der Waals surface area contributed by atoms with Crippen molar-refractivity contribution in [1.29, 1.82) is 0 Å². The van der Waals surface area contributed by atoms with E-state index in [0.717, 1.165) is 48.3 Å². The highest BCUT2D eigenvalue weighted by Crippen LogP contribution is 2.27. The van der Waals surface area contributed by atoms with Gasteiger partial charge in [-0.1, -0.05) is 0 Å². The van der Waals surface area contributed by atoms with Crippen molar-refractivity contribution in [2.24, 2.45) is 0 Å². The number of amides is 1. The molecule has 1 saturated heterocycles. The van der Waals surface area contributed by atoms with Crippen molar-refractivity contribution in [2.75, 3.05) is 36.4 Å². The lowest BCUT2D eigenvalue weighted by atomic mass is 10.1. The van der Waals surface area contributed by atoms with Gasteiger partial charge in [-0.25, -0.2) is 4.98 Å². The van der Waals surface area contributed by atoms with Gasteiger partial charge >= 0.3 is 5.91 Å². The Morgan fingerprint density at radius 1 is 1.14 bits per heavy atom. The summed E-state index contributed by atoms with van der Waals surface area (Å²) >= 11 is 0. The third kappa shape index (κ3) is 3.43. The molecule has 0 bridgehead atoms. The van der Waals surface area contributed by atoms with E-state index in [0.29, 0.717) is 11.4 Å². The van der Waals surface area contributed by atoms with Crippen LogP contribution in [0, 0.1) is 0 Å². The normalized spacial score (nSPS) is 14.3. The average Bonchev–Trinajstić information content (AvgIpc) is 3.44. The minimum atomic E-state index is -0.412. The molecule has 5 rings (SSSR count). The van der Waals surface area contributed by atoms with E-state index in [1.807, 2.05) is 24.3 Å². The number of hydrogen-bond acceptors (Lipinski definition) is 7. The van der Waals surface area contributed by atoms with Crippen LogP contribution in [0.3, 0.4) is 0 Å². The Morgan fingerprint density at radius 3 is 2.93 bits per heavy atom. The molecule has 1 aliphatic heterocycles. The van der Waals surface area contributed by atoms with Crippen molar-refractivity contribution in [3.8, 4) is 11.3 Å². The fourth-order valence-electron chi connectivity index (χ4n) is 3.45. The maximum Gasteiger partial charge on any atom is 0.311 e. The van der Waals surface area contributed by atoms with Gasteiger partial charge in [-0.3, -0.25) is 14.9 Å². The summed E-state index contributed by atoms with van der Waals surface area (Å²) in [6.45, 7) is 3.54. The number of rotatable bonds is 4. The summed E-state index contributed by atoms with van der Waals surface area (Å²) in [4.78, 5) is 23.2. The van der Waals surface area contributed by atoms with E-state index in [2.05, 4.69) is 35.7 Å². The number of hydrogen-bond donors (Lipinski definition) is 3. The van der Waals surface area contributed by atoms with Gasteiger partial charge in [0.05, 0.1) is 35.5 Å². The first-order chi connectivity index (χ1) is 14.3. The number of carbonyl (C=O) groups excluding carboxylic acids is 1. The SMILES string of the molecule is O=C(Nc1cnccc1N1CCNCC1)c1ncc(-c2ccc3[nH]ncc3c2)o1. The molecule has 9 heteroatoms. The molecule has 0 aliphatic carbocycles. The number of nitrogens with one attached hydrogen (secondary N) is 3. The summed E-state index contributed by atoms with van der Waals surface area (Å²) in [7, 11) is 0. The van der Waals surface area contributed by atoms with Crippen molar-refractivity contribution < 1.29 is 9.21 Å². The van der Waals surface area contributed by atoms with Gasteiger partial charge in [0.1, 0.15) is 0 Å². The van der Waals surface area contributed by atoms with Gasteiger partial charge < -0.3 is 20.0 Å². The molecule has 9 nitrogen and oxygen atoms in total. The van der Waals surface area contributed by atoms with Crippen molar-refractivity contribution in [1.82, 2.24) is 25.5 Å². The third-order valence-corrected chi connectivity index (χ3v) is 4.93. The van der Waals surface area contributed by atoms with E-state index >= 15 is 0 Å². The number of nitrogens with zero attached hydrogens (tertiary/aromatic N) is 4. The molecule has 0 atom stereocenters. The van der Waals surface area contributed by atoms with E-state index in [4.69, 9.17) is 4.42 Å². The molecule has 0 unspecified atom stereocenters.